The van der Waals surface area contributed by atoms with Gasteiger partial charge in [0.2, 0.25) is 5.95 Å². The van der Waals surface area contributed by atoms with Crippen LogP contribution >= 0.6 is 23.2 Å². The summed E-state index contributed by atoms with van der Waals surface area (Å²) in [6.07, 6.45) is 2.07. The summed E-state index contributed by atoms with van der Waals surface area (Å²) in [7, 11) is 0. The van der Waals surface area contributed by atoms with Gasteiger partial charge in [0.15, 0.2) is 0 Å². The first-order valence-corrected chi connectivity index (χ1v) is 8.76. The van der Waals surface area contributed by atoms with Gasteiger partial charge in [-0.3, -0.25) is 0 Å². The summed E-state index contributed by atoms with van der Waals surface area (Å²) in [6, 6.07) is 13.5. The molecule has 1 N–H and O–H groups in total. The van der Waals surface area contributed by atoms with Crippen LogP contribution in [0.25, 0.3) is 11.0 Å². The number of halogens is 2. The van der Waals surface area contributed by atoms with Crippen LogP contribution in [0.5, 0.6) is 5.75 Å². The van der Waals surface area contributed by atoms with Gasteiger partial charge in [0.05, 0.1) is 21.1 Å². The number of anilines is 1. The Hall–Kier alpha value is -1.91. The van der Waals surface area contributed by atoms with Crippen LogP contribution in [0.2, 0.25) is 10.0 Å². The number of fused-ring (bicyclic) bond motifs is 1. The van der Waals surface area contributed by atoms with Crippen LogP contribution in [0.15, 0.2) is 42.5 Å². The monoisotopic (exact) mass is 361 g/mol. The molecule has 0 radical (unpaired) electrons. The van der Waals surface area contributed by atoms with Gasteiger partial charge in [-0.25, -0.2) is 4.98 Å². The highest BCUT2D eigenvalue weighted by Gasteiger charge is 2.22. The van der Waals surface area contributed by atoms with Gasteiger partial charge >= 0.3 is 0 Å². The van der Waals surface area contributed by atoms with E-state index >= 15 is 0 Å². The summed E-state index contributed by atoms with van der Waals surface area (Å²) in [4.78, 5) is 10.3. The van der Waals surface area contributed by atoms with Crippen LogP contribution in [-0.4, -0.2) is 29.2 Å². The molecule has 0 spiro atoms. The Morgan fingerprint density at radius 3 is 2.58 bits per heavy atom. The maximum Gasteiger partial charge on any atom is 0.203 e. The predicted octanol–water partition coefficient (Wildman–Crippen LogP) is 4.92. The second-order valence-electron chi connectivity index (χ2n) is 5.96. The Morgan fingerprint density at radius 1 is 1.04 bits per heavy atom. The summed E-state index contributed by atoms with van der Waals surface area (Å²) >= 11 is 12.0. The Bertz CT molecular complexity index is 823. The molecule has 2 heterocycles. The fourth-order valence-corrected chi connectivity index (χ4v) is 3.31. The summed E-state index contributed by atoms with van der Waals surface area (Å²) in [5.41, 5.74) is 2.07. The fraction of sp³-hybridized carbons (Fsp3) is 0.278. The quantitative estimate of drug-likeness (QED) is 0.719. The van der Waals surface area contributed by atoms with E-state index in [2.05, 4.69) is 14.9 Å². The number of hydrogen-bond donors (Lipinski definition) is 1. The van der Waals surface area contributed by atoms with Gasteiger partial charge in [-0.1, -0.05) is 35.3 Å². The Labute approximate surface area is 150 Å². The highest BCUT2D eigenvalue weighted by Crippen LogP contribution is 2.29. The van der Waals surface area contributed by atoms with Gasteiger partial charge in [0, 0.05) is 32.0 Å². The van der Waals surface area contributed by atoms with Crippen LogP contribution in [0.4, 0.5) is 5.95 Å². The van der Waals surface area contributed by atoms with E-state index in [-0.39, 0.29) is 6.10 Å². The molecule has 1 aliphatic rings. The molecule has 0 unspecified atom stereocenters. The number of nitrogens with one attached hydrogen (secondary N) is 1. The largest absolute Gasteiger partial charge is 0.490 e. The summed E-state index contributed by atoms with van der Waals surface area (Å²) in [5, 5.41) is 1.07. The molecule has 0 bridgehead atoms. The fourth-order valence-electron chi connectivity index (χ4n) is 3.02. The lowest BCUT2D eigenvalue weighted by Gasteiger charge is -2.32. The van der Waals surface area contributed by atoms with E-state index in [1.807, 2.05) is 30.3 Å². The van der Waals surface area contributed by atoms with Crippen molar-refractivity contribution in [2.24, 2.45) is 0 Å². The minimum atomic E-state index is 0.183. The van der Waals surface area contributed by atoms with Crippen molar-refractivity contribution >= 4 is 40.2 Å². The molecular formula is C18H17Cl2N3O. The van der Waals surface area contributed by atoms with E-state index < -0.39 is 0 Å². The Balaban J connectivity index is 1.40. The number of piperidine rings is 1. The van der Waals surface area contributed by atoms with E-state index in [4.69, 9.17) is 27.9 Å². The van der Waals surface area contributed by atoms with Crippen molar-refractivity contribution in [1.29, 1.82) is 0 Å². The maximum atomic E-state index is 6.04. The zero-order valence-corrected chi connectivity index (χ0v) is 14.5. The number of imidazole rings is 1. The molecule has 1 saturated heterocycles. The van der Waals surface area contributed by atoms with Crippen LogP contribution in [0, 0.1) is 0 Å². The van der Waals surface area contributed by atoms with Crippen molar-refractivity contribution in [1.82, 2.24) is 9.97 Å². The lowest BCUT2D eigenvalue weighted by atomic mass is 10.1. The van der Waals surface area contributed by atoms with Gasteiger partial charge in [-0.15, -0.1) is 0 Å². The molecule has 1 aliphatic heterocycles. The highest BCUT2D eigenvalue weighted by atomic mass is 35.5. The van der Waals surface area contributed by atoms with Crippen molar-refractivity contribution in [2.45, 2.75) is 18.9 Å². The summed E-state index contributed by atoms with van der Waals surface area (Å²) in [6.45, 7) is 1.82. The second kappa shape index (κ2) is 6.54. The highest BCUT2D eigenvalue weighted by molar-refractivity contribution is 6.42. The number of H-pyrrole nitrogens is 1. The standard InChI is InChI=1S/C18H17Cl2N3O/c19-14-6-5-13(11-15(14)20)24-12-7-9-23(10-8-12)18-21-16-3-1-2-4-17(16)22-18/h1-6,11-12H,7-10H2,(H,21,22). The number of benzene rings is 2. The first kappa shape index (κ1) is 15.6. The third kappa shape index (κ3) is 3.17. The van der Waals surface area contributed by atoms with Crippen LogP contribution in [0.3, 0.4) is 0 Å². The number of para-hydroxylation sites is 2. The summed E-state index contributed by atoms with van der Waals surface area (Å²) in [5.74, 6) is 1.70. The molecule has 24 heavy (non-hydrogen) atoms. The Morgan fingerprint density at radius 2 is 1.83 bits per heavy atom. The molecule has 4 rings (SSSR count). The molecule has 0 aliphatic carbocycles. The minimum Gasteiger partial charge on any atom is -0.490 e. The van der Waals surface area contributed by atoms with Crippen molar-refractivity contribution in [3.05, 3.63) is 52.5 Å². The number of aromatic nitrogens is 2. The molecule has 0 atom stereocenters. The van der Waals surface area contributed by atoms with E-state index in [1.54, 1.807) is 12.1 Å². The molecule has 3 aromatic rings. The zero-order valence-electron chi connectivity index (χ0n) is 13.0. The van der Waals surface area contributed by atoms with E-state index in [0.29, 0.717) is 10.0 Å². The normalized spacial score (nSPS) is 15.8. The van der Waals surface area contributed by atoms with Gasteiger partial charge in [-0.05, 0) is 24.3 Å². The number of aromatic amines is 1. The first-order valence-electron chi connectivity index (χ1n) is 8.00. The first-order chi connectivity index (χ1) is 11.7. The number of nitrogens with zero attached hydrogens (tertiary/aromatic N) is 2. The lowest BCUT2D eigenvalue weighted by molar-refractivity contribution is 0.170. The van der Waals surface area contributed by atoms with E-state index in [9.17, 15) is 0 Å². The second-order valence-corrected chi connectivity index (χ2v) is 6.77. The molecule has 2 aromatic carbocycles. The van der Waals surface area contributed by atoms with Crippen molar-refractivity contribution in [3.63, 3.8) is 0 Å². The molecule has 1 fully saturated rings. The molecule has 0 amide bonds. The Kier molecular flexibility index (Phi) is 4.25. The lowest BCUT2D eigenvalue weighted by Crippen LogP contribution is -2.38. The van der Waals surface area contributed by atoms with Crippen LogP contribution in [0.1, 0.15) is 12.8 Å². The maximum absolute atomic E-state index is 6.04. The minimum absolute atomic E-state index is 0.183. The number of ether oxygens (including phenoxy) is 1. The third-order valence-electron chi connectivity index (χ3n) is 4.31. The van der Waals surface area contributed by atoms with Crippen molar-refractivity contribution in [2.75, 3.05) is 18.0 Å². The predicted molar refractivity (Wildman–Crippen MR) is 98.4 cm³/mol. The average Bonchev–Trinajstić information content (AvgIpc) is 3.03. The van der Waals surface area contributed by atoms with E-state index in [0.717, 1.165) is 48.7 Å². The number of rotatable bonds is 3. The molecule has 4 nitrogen and oxygen atoms in total. The smallest absolute Gasteiger partial charge is 0.203 e. The van der Waals surface area contributed by atoms with Gasteiger partial charge in [-0.2, -0.15) is 0 Å². The SMILES string of the molecule is Clc1ccc(OC2CCN(c3nc4ccccc4[nH]3)CC2)cc1Cl. The van der Waals surface area contributed by atoms with Crippen molar-refractivity contribution < 1.29 is 4.74 Å². The van der Waals surface area contributed by atoms with Gasteiger partial charge < -0.3 is 14.6 Å². The topological polar surface area (TPSA) is 41.1 Å². The van der Waals surface area contributed by atoms with E-state index in [1.165, 1.54) is 0 Å². The van der Waals surface area contributed by atoms with Crippen LogP contribution < -0.4 is 9.64 Å². The van der Waals surface area contributed by atoms with Gasteiger partial charge in [0.1, 0.15) is 11.9 Å². The zero-order chi connectivity index (χ0) is 16.5. The molecule has 6 heteroatoms. The molecule has 124 valence electrons. The number of hydrogen-bond acceptors (Lipinski definition) is 3. The summed E-state index contributed by atoms with van der Waals surface area (Å²) < 4.78 is 6.03. The molecule has 0 saturated carbocycles. The van der Waals surface area contributed by atoms with Gasteiger partial charge in [0.25, 0.3) is 0 Å². The molecular weight excluding hydrogens is 345 g/mol. The van der Waals surface area contributed by atoms with Crippen molar-refractivity contribution in [3.8, 4) is 5.75 Å². The average molecular weight is 362 g/mol. The molecule has 1 aromatic heterocycles. The van der Waals surface area contributed by atoms with Crippen LogP contribution in [-0.2, 0) is 0 Å². The third-order valence-corrected chi connectivity index (χ3v) is 5.05.